The van der Waals surface area contributed by atoms with Gasteiger partial charge in [0.25, 0.3) is 0 Å². The number of nitrogens with zero attached hydrogens (tertiary/aromatic N) is 2. The Labute approximate surface area is 131 Å². The Bertz CT molecular complexity index is 483. The van der Waals surface area contributed by atoms with Crippen molar-refractivity contribution in [2.75, 3.05) is 19.6 Å². The van der Waals surface area contributed by atoms with Crippen molar-refractivity contribution in [1.82, 2.24) is 9.88 Å². The molecule has 1 aliphatic rings. The number of carbonyl (C=O) groups is 1. The van der Waals surface area contributed by atoms with Gasteiger partial charge in [-0.1, -0.05) is 33.6 Å². The maximum Gasteiger partial charge on any atom is 0.347 e. The minimum Gasteiger partial charge on any atom is -0.477 e. The molecule has 1 saturated heterocycles. The molecule has 0 spiro atoms. The van der Waals surface area contributed by atoms with Crippen LogP contribution in [0.25, 0.3) is 0 Å². The van der Waals surface area contributed by atoms with Crippen molar-refractivity contribution in [3.05, 3.63) is 15.6 Å². The lowest BCUT2D eigenvalue weighted by molar-refractivity contribution is 0.0699. The Morgan fingerprint density at radius 3 is 2.33 bits per heavy atom. The van der Waals surface area contributed by atoms with Crippen LogP contribution in [0.4, 0.5) is 0 Å². The molecule has 0 unspecified atom stereocenters. The van der Waals surface area contributed by atoms with E-state index in [9.17, 15) is 9.90 Å². The Hall–Kier alpha value is -0.940. The normalized spacial score (nSPS) is 17.7. The number of thiazole rings is 1. The third-order valence-electron chi connectivity index (χ3n) is 3.92. The summed E-state index contributed by atoms with van der Waals surface area (Å²) in [7, 11) is 0. The predicted molar refractivity (Wildman–Crippen MR) is 86.4 cm³/mol. The molecule has 5 heteroatoms. The fourth-order valence-corrected chi connectivity index (χ4v) is 3.84. The van der Waals surface area contributed by atoms with Gasteiger partial charge in [-0.05, 0) is 25.9 Å². The van der Waals surface area contributed by atoms with Gasteiger partial charge in [-0.25, -0.2) is 9.78 Å². The number of aromatic nitrogens is 1. The van der Waals surface area contributed by atoms with Crippen LogP contribution in [0.3, 0.4) is 0 Å². The van der Waals surface area contributed by atoms with Crippen molar-refractivity contribution in [3.63, 3.8) is 0 Å². The molecule has 1 aromatic heterocycles. The van der Waals surface area contributed by atoms with E-state index in [4.69, 9.17) is 0 Å². The molecule has 0 aromatic carbocycles. The second-order valence-electron chi connectivity index (χ2n) is 6.85. The average molecular weight is 310 g/mol. The topological polar surface area (TPSA) is 53.4 Å². The molecule has 2 rings (SSSR count). The van der Waals surface area contributed by atoms with Crippen molar-refractivity contribution in [1.29, 1.82) is 0 Å². The van der Waals surface area contributed by atoms with Crippen LogP contribution in [-0.2, 0) is 11.8 Å². The molecule has 0 aliphatic carbocycles. The van der Waals surface area contributed by atoms with Gasteiger partial charge in [-0.3, -0.25) is 0 Å². The first-order valence-corrected chi connectivity index (χ1v) is 8.65. The van der Waals surface area contributed by atoms with Crippen LogP contribution >= 0.6 is 11.3 Å². The first-order valence-electron chi connectivity index (χ1n) is 7.84. The third-order valence-corrected chi connectivity index (χ3v) is 5.02. The minimum absolute atomic E-state index is 0.217. The fraction of sp³-hybridized carbons (Fsp3) is 0.750. The van der Waals surface area contributed by atoms with Crippen molar-refractivity contribution in [2.45, 2.75) is 58.3 Å². The van der Waals surface area contributed by atoms with E-state index in [0.717, 1.165) is 23.7 Å². The highest BCUT2D eigenvalue weighted by molar-refractivity contribution is 7.13. The number of hydrogen-bond acceptors (Lipinski definition) is 4. The third kappa shape index (κ3) is 4.51. The number of aromatic carboxylic acids is 1. The summed E-state index contributed by atoms with van der Waals surface area (Å²) in [5.41, 5.74) is 0.510. The van der Waals surface area contributed by atoms with Gasteiger partial charge in [-0.2, -0.15) is 0 Å². The lowest BCUT2D eigenvalue weighted by Crippen LogP contribution is -2.27. The molecule has 2 heterocycles. The molecule has 0 saturated carbocycles. The molecule has 1 N–H and O–H groups in total. The summed E-state index contributed by atoms with van der Waals surface area (Å²) >= 11 is 1.35. The molecule has 4 nitrogen and oxygen atoms in total. The molecule has 0 radical (unpaired) electrons. The van der Waals surface area contributed by atoms with Gasteiger partial charge < -0.3 is 10.0 Å². The molecular weight excluding hydrogens is 284 g/mol. The molecule has 0 atom stereocenters. The van der Waals surface area contributed by atoms with Crippen molar-refractivity contribution in [3.8, 4) is 0 Å². The minimum atomic E-state index is -0.849. The second-order valence-corrected chi connectivity index (χ2v) is 7.93. The van der Waals surface area contributed by atoms with Crippen molar-refractivity contribution < 1.29 is 9.90 Å². The van der Waals surface area contributed by atoms with Crippen LogP contribution in [0.1, 0.15) is 66.8 Å². The Balaban J connectivity index is 2.05. The highest BCUT2D eigenvalue weighted by Crippen LogP contribution is 2.30. The first kappa shape index (κ1) is 16.4. The smallest absolute Gasteiger partial charge is 0.347 e. The van der Waals surface area contributed by atoms with E-state index in [0.29, 0.717) is 4.88 Å². The largest absolute Gasteiger partial charge is 0.477 e. The molecular formula is C16H26N2O2S. The first-order chi connectivity index (χ1) is 9.88. The predicted octanol–water partition coefficient (Wildman–Crippen LogP) is 3.56. The lowest BCUT2D eigenvalue weighted by Gasteiger charge is -2.18. The van der Waals surface area contributed by atoms with E-state index in [1.165, 1.54) is 50.1 Å². The average Bonchev–Trinajstić information content (AvgIpc) is 2.67. The fourth-order valence-electron chi connectivity index (χ4n) is 2.74. The number of carboxylic acids is 1. The number of hydrogen-bond donors (Lipinski definition) is 1. The zero-order chi connectivity index (χ0) is 15.5. The van der Waals surface area contributed by atoms with Gasteiger partial charge in [0.15, 0.2) is 0 Å². The van der Waals surface area contributed by atoms with Gasteiger partial charge >= 0.3 is 5.97 Å². The van der Waals surface area contributed by atoms with Crippen molar-refractivity contribution >= 4 is 17.3 Å². The number of likely N-dealkylation sites (tertiary alicyclic amines) is 1. The molecule has 118 valence electrons. The van der Waals surface area contributed by atoms with Gasteiger partial charge in [0.2, 0.25) is 0 Å². The van der Waals surface area contributed by atoms with Gasteiger partial charge in [0.05, 0.1) is 10.7 Å². The van der Waals surface area contributed by atoms with Gasteiger partial charge in [-0.15, -0.1) is 11.3 Å². The van der Waals surface area contributed by atoms with Crippen LogP contribution in [0, 0.1) is 0 Å². The SMILES string of the molecule is CC(C)(C)c1nc(CCN2CCCCCC2)sc1C(=O)O. The Kier molecular flexibility index (Phi) is 5.38. The van der Waals surface area contributed by atoms with Gasteiger partial charge in [0.1, 0.15) is 4.88 Å². The lowest BCUT2D eigenvalue weighted by atomic mass is 9.91. The van der Waals surface area contributed by atoms with Crippen LogP contribution in [0.2, 0.25) is 0 Å². The van der Waals surface area contributed by atoms with E-state index in [1.807, 2.05) is 20.8 Å². The van der Waals surface area contributed by atoms with Crippen LogP contribution in [0.15, 0.2) is 0 Å². The highest BCUT2D eigenvalue weighted by atomic mass is 32.1. The number of carboxylic acid groups (broad SMARTS) is 1. The molecule has 1 aliphatic heterocycles. The standard InChI is InChI=1S/C16H26N2O2S/c1-16(2,3)14-13(15(19)20)21-12(17-14)8-11-18-9-6-4-5-7-10-18/h4-11H2,1-3H3,(H,19,20). The molecule has 21 heavy (non-hydrogen) atoms. The summed E-state index contributed by atoms with van der Waals surface area (Å²) in [6, 6.07) is 0. The van der Waals surface area contributed by atoms with Crippen LogP contribution in [0.5, 0.6) is 0 Å². The quantitative estimate of drug-likeness (QED) is 0.924. The summed E-state index contributed by atoms with van der Waals surface area (Å²) in [6.45, 7) is 9.40. The zero-order valence-corrected chi connectivity index (χ0v) is 14.1. The molecule has 1 fully saturated rings. The zero-order valence-electron chi connectivity index (χ0n) is 13.3. The number of rotatable bonds is 4. The maximum atomic E-state index is 11.4. The summed E-state index contributed by atoms with van der Waals surface area (Å²) in [5.74, 6) is -0.849. The summed E-state index contributed by atoms with van der Waals surface area (Å²) in [5, 5.41) is 10.3. The van der Waals surface area contributed by atoms with E-state index >= 15 is 0 Å². The monoisotopic (exact) mass is 310 g/mol. The molecule has 0 bridgehead atoms. The Morgan fingerprint density at radius 1 is 1.24 bits per heavy atom. The van der Waals surface area contributed by atoms with Gasteiger partial charge in [0, 0.05) is 18.4 Å². The molecule has 1 aromatic rings. The van der Waals surface area contributed by atoms with Crippen molar-refractivity contribution in [2.24, 2.45) is 0 Å². The van der Waals surface area contributed by atoms with E-state index in [-0.39, 0.29) is 5.41 Å². The van der Waals surface area contributed by atoms with E-state index < -0.39 is 5.97 Å². The summed E-state index contributed by atoms with van der Waals surface area (Å²) < 4.78 is 0. The Morgan fingerprint density at radius 2 is 1.86 bits per heavy atom. The van der Waals surface area contributed by atoms with Crippen LogP contribution < -0.4 is 0 Å². The highest BCUT2D eigenvalue weighted by Gasteiger charge is 2.26. The van der Waals surface area contributed by atoms with Crippen LogP contribution in [-0.4, -0.2) is 40.6 Å². The molecule has 0 amide bonds. The summed E-state index contributed by atoms with van der Waals surface area (Å²) in [4.78, 5) is 18.9. The second kappa shape index (κ2) is 6.88. The maximum absolute atomic E-state index is 11.4. The van der Waals surface area contributed by atoms with E-state index in [2.05, 4.69) is 9.88 Å². The van der Waals surface area contributed by atoms with E-state index in [1.54, 1.807) is 0 Å². The summed E-state index contributed by atoms with van der Waals surface area (Å²) in [6.07, 6.45) is 6.11.